The molecule has 3 heterocycles. The first-order valence-electron chi connectivity index (χ1n) is 4.92. The van der Waals surface area contributed by atoms with Crippen LogP contribution < -0.4 is 4.73 Å². The minimum Gasteiger partial charge on any atom is -0.619 e. The zero-order chi connectivity index (χ0) is 9.54. The molecule has 0 radical (unpaired) electrons. The molecule has 0 unspecified atom stereocenters. The van der Waals surface area contributed by atoms with Crippen molar-refractivity contribution in [3.05, 3.63) is 29.5 Å². The normalized spacial score (nSPS) is 15.7. The fraction of sp³-hybridized carbons (Fsp3) is 0.400. The molecule has 0 amide bonds. The summed E-state index contributed by atoms with van der Waals surface area (Å²) >= 11 is 0. The van der Waals surface area contributed by atoms with Crippen molar-refractivity contribution in [3.63, 3.8) is 0 Å². The van der Waals surface area contributed by atoms with Gasteiger partial charge in [-0.1, -0.05) is 0 Å². The molecule has 0 spiro atoms. The largest absolute Gasteiger partial charge is 0.619 e. The zero-order valence-corrected chi connectivity index (χ0v) is 7.81. The first kappa shape index (κ1) is 7.79. The SMILES string of the molecule is [O-][n+]1ccc2c(c1)nc1n2CCCC1. The van der Waals surface area contributed by atoms with Gasteiger partial charge in [0.25, 0.3) is 0 Å². The van der Waals surface area contributed by atoms with Crippen molar-refractivity contribution < 1.29 is 4.73 Å². The van der Waals surface area contributed by atoms with Gasteiger partial charge in [-0.3, -0.25) is 0 Å². The fourth-order valence-electron chi connectivity index (χ4n) is 2.11. The van der Waals surface area contributed by atoms with Crippen LogP contribution in [0.2, 0.25) is 0 Å². The second-order valence-corrected chi connectivity index (χ2v) is 3.71. The van der Waals surface area contributed by atoms with Gasteiger partial charge in [-0.15, -0.1) is 0 Å². The monoisotopic (exact) mass is 189 g/mol. The second-order valence-electron chi connectivity index (χ2n) is 3.71. The van der Waals surface area contributed by atoms with Crippen LogP contribution in [0.25, 0.3) is 11.0 Å². The third-order valence-corrected chi connectivity index (χ3v) is 2.78. The Kier molecular flexibility index (Phi) is 1.50. The average molecular weight is 189 g/mol. The molecule has 0 N–H and O–H groups in total. The minimum atomic E-state index is 0.807. The molecular formula is C10H11N3O. The summed E-state index contributed by atoms with van der Waals surface area (Å²) in [6.45, 7) is 1.04. The smallest absolute Gasteiger partial charge is 0.208 e. The zero-order valence-electron chi connectivity index (χ0n) is 7.81. The van der Waals surface area contributed by atoms with Crippen molar-refractivity contribution in [1.29, 1.82) is 0 Å². The third kappa shape index (κ3) is 0.999. The van der Waals surface area contributed by atoms with E-state index in [1.807, 2.05) is 6.07 Å². The van der Waals surface area contributed by atoms with Gasteiger partial charge in [-0.25, -0.2) is 4.98 Å². The van der Waals surface area contributed by atoms with Gasteiger partial charge in [0.2, 0.25) is 6.20 Å². The van der Waals surface area contributed by atoms with Gasteiger partial charge < -0.3 is 9.77 Å². The summed E-state index contributed by atoms with van der Waals surface area (Å²) in [5.74, 6) is 1.12. The Morgan fingerprint density at radius 3 is 3.29 bits per heavy atom. The number of aryl methyl sites for hydroxylation is 2. The van der Waals surface area contributed by atoms with E-state index in [4.69, 9.17) is 0 Å². The molecule has 0 bridgehead atoms. The molecule has 4 heteroatoms. The van der Waals surface area contributed by atoms with E-state index in [1.165, 1.54) is 19.0 Å². The molecule has 2 aromatic heterocycles. The Morgan fingerprint density at radius 1 is 1.43 bits per heavy atom. The number of rotatable bonds is 0. The van der Waals surface area contributed by atoms with E-state index in [0.717, 1.165) is 34.6 Å². The molecule has 72 valence electrons. The van der Waals surface area contributed by atoms with Crippen LogP contribution in [0.3, 0.4) is 0 Å². The molecular weight excluding hydrogens is 178 g/mol. The van der Waals surface area contributed by atoms with E-state index in [0.29, 0.717) is 0 Å². The maximum Gasteiger partial charge on any atom is 0.208 e. The predicted molar refractivity (Wildman–Crippen MR) is 51.6 cm³/mol. The molecule has 1 aliphatic heterocycles. The van der Waals surface area contributed by atoms with Crippen molar-refractivity contribution >= 4 is 11.0 Å². The van der Waals surface area contributed by atoms with Crippen LogP contribution in [0.4, 0.5) is 0 Å². The van der Waals surface area contributed by atoms with Crippen LogP contribution >= 0.6 is 0 Å². The lowest BCUT2D eigenvalue weighted by Crippen LogP contribution is -2.23. The maximum absolute atomic E-state index is 11.1. The Labute approximate surface area is 81.4 Å². The van der Waals surface area contributed by atoms with Crippen molar-refractivity contribution in [2.45, 2.75) is 25.8 Å². The highest BCUT2D eigenvalue weighted by atomic mass is 16.5. The molecule has 2 aromatic rings. The van der Waals surface area contributed by atoms with E-state index in [1.54, 1.807) is 6.20 Å². The first-order valence-corrected chi connectivity index (χ1v) is 4.92. The Bertz CT molecular complexity index is 489. The molecule has 0 saturated carbocycles. The number of fused-ring (bicyclic) bond motifs is 3. The summed E-state index contributed by atoms with van der Waals surface area (Å²) in [6, 6.07) is 1.85. The lowest BCUT2D eigenvalue weighted by molar-refractivity contribution is -0.604. The van der Waals surface area contributed by atoms with E-state index in [2.05, 4.69) is 9.55 Å². The van der Waals surface area contributed by atoms with Crippen LogP contribution in [0, 0.1) is 5.21 Å². The third-order valence-electron chi connectivity index (χ3n) is 2.78. The summed E-state index contributed by atoms with van der Waals surface area (Å²) < 4.78 is 3.03. The first-order chi connectivity index (χ1) is 6.84. The lowest BCUT2D eigenvalue weighted by Gasteiger charge is -2.13. The molecule has 1 aliphatic rings. The summed E-state index contributed by atoms with van der Waals surface area (Å²) in [7, 11) is 0. The van der Waals surface area contributed by atoms with Gasteiger partial charge in [0.1, 0.15) is 5.82 Å². The summed E-state index contributed by atoms with van der Waals surface area (Å²) in [5, 5.41) is 11.1. The lowest BCUT2D eigenvalue weighted by atomic mass is 10.2. The Balaban J connectivity index is 2.31. The molecule has 0 saturated heterocycles. The quantitative estimate of drug-likeness (QED) is 0.458. The number of nitrogens with zero attached hydrogens (tertiary/aromatic N) is 3. The van der Waals surface area contributed by atoms with E-state index in [9.17, 15) is 5.21 Å². The standard InChI is InChI=1S/C10H11N3O/c14-12-6-4-9-8(7-12)11-10-3-1-2-5-13(9)10/h4,6-7H,1-3,5H2. The number of imidazole rings is 1. The van der Waals surface area contributed by atoms with Crippen LogP contribution in [0.5, 0.6) is 0 Å². The minimum absolute atomic E-state index is 0.807. The maximum atomic E-state index is 11.1. The Morgan fingerprint density at radius 2 is 2.36 bits per heavy atom. The van der Waals surface area contributed by atoms with Crippen LogP contribution in [0.1, 0.15) is 18.7 Å². The van der Waals surface area contributed by atoms with Gasteiger partial charge in [-0.2, -0.15) is 4.73 Å². The predicted octanol–water partition coefficient (Wildman–Crippen LogP) is 1.01. The average Bonchev–Trinajstić information content (AvgIpc) is 2.54. The number of pyridine rings is 1. The topological polar surface area (TPSA) is 44.8 Å². The Hall–Kier alpha value is -1.58. The highest BCUT2D eigenvalue weighted by molar-refractivity contribution is 5.74. The molecule has 14 heavy (non-hydrogen) atoms. The molecule has 3 rings (SSSR count). The number of hydrogen-bond acceptors (Lipinski definition) is 2. The fourth-order valence-corrected chi connectivity index (χ4v) is 2.11. The molecule has 0 fully saturated rings. The summed E-state index contributed by atoms with van der Waals surface area (Å²) in [4.78, 5) is 4.46. The van der Waals surface area contributed by atoms with E-state index < -0.39 is 0 Å². The van der Waals surface area contributed by atoms with Gasteiger partial charge in [-0.05, 0) is 12.8 Å². The van der Waals surface area contributed by atoms with Gasteiger partial charge in [0, 0.05) is 19.0 Å². The molecule has 0 aliphatic carbocycles. The highest BCUT2D eigenvalue weighted by Crippen LogP contribution is 2.20. The van der Waals surface area contributed by atoms with Crippen molar-refractivity contribution in [1.82, 2.24) is 9.55 Å². The van der Waals surface area contributed by atoms with Crippen molar-refractivity contribution in [3.8, 4) is 0 Å². The molecule has 0 aromatic carbocycles. The number of aromatic nitrogens is 3. The van der Waals surface area contributed by atoms with Gasteiger partial charge >= 0.3 is 0 Å². The van der Waals surface area contributed by atoms with Gasteiger partial charge in [0.15, 0.2) is 11.7 Å². The van der Waals surface area contributed by atoms with E-state index in [-0.39, 0.29) is 0 Å². The van der Waals surface area contributed by atoms with Crippen LogP contribution in [-0.4, -0.2) is 9.55 Å². The van der Waals surface area contributed by atoms with Crippen LogP contribution in [-0.2, 0) is 13.0 Å². The molecule has 4 nitrogen and oxygen atoms in total. The van der Waals surface area contributed by atoms with E-state index >= 15 is 0 Å². The molecule has 0 atom stereocenters. The van der Waals surface area contributed by atoms with Crippen molar-refractivity contribution in [2.75, 3.05) is 0 Å². The van der Waals surface area contributed by atoms with Crippen molar-refractivity contribution in [2.24, 2.45) is 0 Å². The van der Waals surface area contributed by atoms with Gasteiger partial charge in [0.05, 0.1) is 5.52 Å². The number of hydrogen-bond donors (Lipinski definition) is 0. The highest BCUT2D eigenvalue weighted by Gasteiger charge is 2.15. The summed E-state index contributed by atoms with van der Waals surface area (Å²) in [5.41, 5.74) is 1.91. The van der Waals surface area contributed by atoms with Crippen LogP contribution in [0.15, 0.2) is 18.5 Å². The second kappa shape index (κ2) is 2.70. The summed E-state index contributed by atoms with van der Waals surface area (Å²) in [6.07, 6.45) is 6.53.